The molecule has 1 atom stereocenters. The highest BCUT2D eigenvalue weighted by molar-refractivity contribution is 7.13. The van der Waals surface area contributed by atoms with Crippen LogP contribution in [0.2, 0.25) is 0 Å². The number of carbonyl (C=O) groups is 1. The van der Waals surface area contributed by atoms with Crippen molar-refractivity contribution in [3.05, 3.63) is 71.2 Å². The monoisotopic (exact) mass is 517 g/mol. The van der Waals surface area contributed by atoms with Gasteiger partial charge >= 0.3 is 0 Å². The number of amides is 1. The van der Waals surface area contributed by atoms with Gasteiger partial charge in [0, 0.05) is 55.3 Å². The van der Waals surface area contributed by atoms with E-state index in [0.717, 1.165) is 21.9 Å². The first kappa shape index (κ1) is 24.7. The number of hydrogen-bond donors (Lipinski definition) is 2. The lowest BCUT2D eigenvalue weighted by Gasteiger charge is -2.21. The van der Waals surface area contributed by atoms with Gasteiger partial charge in [0.1, 0.15) is 22.2 Å². The van der Waals surface area contributed by atoms with Gasteiger partial charge in [-0.15, -0.1) is 11.3 Å². The Morgan fingerprint density at radius 3 is 2.73 bits per heavy atom. The number of rotatable bonds is 8. The molecule has 1 saturated heterocycles. The van der Waals surface area contributed by atoms with Crippen LogP contribution in [0.1, 0.15) is 17.5 Å². The van der Waals surface area contributed by atoms with E-state index in [1.807, 2.05) is 47.8 Å². The number of nitrogens with one attached hydrogen (secondary N) is 1. The number of ether oxygens (including phenoxy) is 2. The second kappa shape index (κ2) is 10.2. The minimum absolute atomic E-state index is 0.280. The first-order valence-electron chi connectivity index (χ1n) is 11.7. The van der Waals surface area contributed by atoms with Crippen LogP contribution in [0, 0.1) is 0 Å². The van der Waals surface area contributed by atoms with Crippen LogP contribution < -0.4 is 14.8 Å². The molecule has 1 fully saturated rings. The number of thiazole rings is 1. The number of benzene rings is 2. The van der Waals surface area contributed by atoms with Gasteiger partial charge in [-0.3, -0.25) is 4.79 Å². The van der Waals surface area contributed by atoms with Crippen molar-refractivity contribution in [1.29, 1.82) is 0 Å². The second-order valence-electron chi connectivity index (χ2n) is 8.75. The second-order valence-corrected chi connectivity index (χ2v) is 9.61. The minimum atomic E-state index is -1.50. The highest BCUT2D eigenvalue weighted by atomic mass is 32.1. The molecular weight excluding hydrogens is 490 g/mol. The number of anilines is 1. The van der Waals surface area contributed by atoms with E-state index in [0.29, 0.717) is 48.2 Å². The molecule has 1 unspecified atom stereocenters. The van der Waals surface area contributed by atoms with Crippen molar-refractivity contribution in [3.63, 3.8) is 0 Å². The van der Waals surface area contributed by atoms with Crippen LogP contribution in [-0.2, 0) is 16.9 Å². The molecule has 0 aliphatic carbocycles. The fourth-order valence-corrected chi connectivity index (χ4v) is 5.12. The van der Waals surface area contributed by atoms with Crippen molar-refractivity contribution < 1.29 is 19.4 Å². The summed E-state index contributed by atoms with van der Waals surface area (Å²) in [5.74, 6) is 1.63. The molecule has 190 valence electrons. The maximum atomic E-state index is 12.5. The molecule has 1 aliphatic rings. The molecule has 9 nitrogen and oxygen atoms in total. The Bertz CT molecular complexity index is 1440. The van der Waals surface area contributed by atoms with Gasteiger partial charge in [0.05, 0.1) is 19.9 Å². The molecule has 1 aliphatic heterocycles. The summed E-state index contributed by atoms with van der Waals surface area (Å²) in [6.07, 6.45) is 2.06. The van der Waals surface area contributed by atoms with E-state index in [9.17, 15) is 9.90 Å². The third-order valence-electron chi connectivity index (χ3n) is 6.45. The average Bonchev–Trinajstić information content (AvgIpc) is 3.54. The predicted molar refractivity (Wildman–Crippen MR) is 142 cm³/mol. The van der Waals surface area contributed by atoms with Crippen LogP contribution in [0.15, 0.2) is 60.1 Å². The Labute approximate surface area is 218 Å². The van der Waals surface area contributed by atoms with Gasteiger partial charge in [-0.05, 0) is 29.8 Å². The quantitative estimate of drug-likeness (QED) is 0.362. The van der Waals surface area contributed by atoms with Gasteiger partial charge < -0.3 is 24.8 Å². The summed E-state index contributed by atoms with van der Waals surface area (Å²) in [5.41, 5.74) is 2.27. The van der Waals surface area contributed by atoms with Gasteiger partial charge in [0.15, 0.2) is 5.60 Å². The third kappa shape index (κ3) is 4.85. The number of methoxy groups -OCH3 is 2. The number of aromatic nitrogens is 3. The fourth-order valence-electron chi connectivity index (χ4n) is 4.31. The minimum Gasteiger partial charge on any atom is -0.497 e. The molecular formula is C27H27N5O4S. The van der Waals surface area contributed by atoms with Crippen LogP contribution in [0.5, 0.6) is 11.5 Å². The normalized spacial score (nSPS) is 17.2. The van der Waals surface area contributed by atoms with Crippen LogP contribution in [0.4, 0.5) is 5.95 Å². The van der Waals surface area contributed by atoms with Crippen LogP contribution in [0.25, 0.3) is 22.0 Å². The molecule has 3 heterocycles. The van der Waals surface area contributed by atoms with E-state index >= 15 is 0 Å². The fraction of sp³-hybridized carbons (Fsp3) is 0.259. The van der Waals surface area contributed by atoms with E-state index in [1.165, 1.54) is 11.3 Å². The van der Waals surface area contributed by atoms with Gasteiger partial charge in [-0.1, -0.05) is 18.2 Å². The maximum absolute atomic E-state index is 12.5. The summed E-state index contributed by atoms with van der Waals surface area (Å²) in [4.78, 5) is 27.8. The summed E-state index contributed by atoms with van der Waals surface area (Å²) in [6.45, 7) is 0.999. The first-order chi connectivity index (χ1) is 17.9. The molecule has 37 heavy (non-hydrogen) atoms. The smallest absolute Gasteiger partial charge is 0.258 e. The Balaban J connectivity index is 1.34. The third-order valence-corrected chi connectivity index (χ3v) is 7.34. The zero-order valence-electron chi connectivity index (χ0n) is 20.8. The predicted octanol–water partition coefficient (Wildman–Crippen LogP) is 3.95. The lowest BCUT2D eigenvalue weighted by molar-refractivity contribution is -0.143. The number of likely N-dealkylation sites (N-methyl/N-ethyl adjacent to an activating group) is 1. The zero-order valence-corrected chi connectivity index (χ0v) is 21.6. The summed E-state index contributed by atoms with van der Waals surface area (Å²) >= 11 is 1.48. The standard InChI is InChI=1S/C27H27N5O4S/c1-32-12-10-27(34,25(32)33)19-6-4-5-17(13-19)24-30-22(16-37-24)21-9-11-28-26(31-21)29-15-18-7-8-20(35-2)14-23(18)36-3/h4-9,11,13-14,16,34H,10,12,15H2,1-3H3,(H,28,29,31). The van der Waals surface area contributed by atoms with Gasteiger partial charge in [-0.25, -0.2) is 15.0 Å². The van der Waals surface area contributed by atoms with Crippen molar-refractivity contribution in [2.24, 2.45) is 0 Å². The lowest BCUT2D eigenvalue weighted by Crippen LogP contribution is -2.36. The van der Waals surface area contributed by atoms with E-state index < -0.39 is 5.60 Å². The molecule has 2 aromatic carbocycles. The topological polar surface area (TPSA) is 110 Å². The summed E-state index contributed by atoms with van der Waals surface area (Å²) in [6, 6.07) is 14.8. The van der Waals surface area contributed by atoms with Crippen LogP contribution >= 0.6 is 11.3 Å². The average molecular weight is 518 g/mol. The molecule has 5 rings (SSSR count). The van der Waals surface area contributed by atoms with Crippen LogP contribution in [0.3, 0.4) is 0 Å². The van der Waals surface area contributed by atoms with Crippen molar-refractivity contribution in [1.82, 2.24) is 19.9 Å². The van der Waals surface area contributed by atoms with E-state index in [4.69, 9.17) is 14.5 Å². The SMILES string of the molecule is COc1ccc(CNc2nccc(-c3csc(-c4cccc(C5(O)CCN(C)C5=O)c4)n3)n2)c(OC)c1. The molecule has 0 saturated carbocycles. The number of nitrogens with zero attached hydrogens (tertiary/aromatic N) is 4. The van der Waals surface area contributed by atoms with Crippen molar-refractivity contribution in [3.8, 4) is 33.5 Å². The Morgan fingerprint density at radius 2 is 1.97 bits per heavy atom. The number of likely N-dealkylation sites (tertiary alicyclic amines) is 1. The van der Waals surface area contributed by atoms with E-state index in [-0.39, 0.29) is 5.91 Å². The lowest BCUT2D eigenvalue weighted by atomic mass is 9.91. The molecule has 0 radical (unpaired) electrons. The van der Waals surface area contributed by atoms with Crippen molar-refractivity contribution in [2.75, 3.05) is 33.1 Å². The van der Waals surface area contributed by atoms with E-state index in [2.05, 4.69) is 15.3 Å². The van der Waals surface area contributed by atoms with Crippen molar-refractivity contribution >= 4 is 23.2 Å². The number of aliphatic hydroxyl groups is 1. The Hall–Kier alpha value is -4.02. The Kier molecular flexibility index (Phi) is 6.77. The molecule has 4 aromatic rings. The van der Waals surface area contributed by atoms with Gasteiger partial charge in [-0.2, -0.15) is 0 Å². The summed E-state index contributed by atoms with van der Waals surface area (Å²) < 4.78 is 10.7. The molecule has 0 spiro atoms. The summed E-state index contributed by atoms with van der Waals surface area (Å²) in [7, 11) is 4.94. The molecule has 1 amide bonds. The highest BCUT2D eigenvalue weighted by Crippen LogP contribution is 2.36. The summed E-state index contributed by atoms with van der Waals surface area (Å²) in [5, 5.41) is 17.0. The number of hydrogen-bond acceptors (Lipinski definition) is 9. The first-order valence-corrected chi connectivity index (χ1v) is 12.6. The van der Waals surface area contributed by atoms with Crippen molar-refractivity contribution in [2.45, 2.75) is 18.6 Å². The van der Waals surface area contributed by atoms with Gasteiger partial charge in [0.25, 0.3) is 5.91 Å². The molecule has 2 N–H and O–H groups in total. The van der Waals surface area contributed by atoms with Crippen LogP contribution in [-0.4, -0.2) is 58.7 Å². The largest absolute Gasteiger partial charge is 0.497 e. The van der Waals surface area contributed by atoms with Gasteiger partial charge in [0.2, 0.25) is 5.95 Å². The van der Waals surface area contributed by atoms with E-state index in [1.54, 1.807) is 38.4 Å². The highest BCUT2D eigenvalue weighted by Gasteiger charge is 2.45. The molecule has 0 bridgehead atoms. The number of carbonyl (C=O) groups excluding carboxylic acids is 1. The zero-order chi connectivity index (χ0) is 26.0. The maximum Gasteiger partial charge on any atom is 0.258 e. The Morgan fingerprint density at radius 1 is 1.11 bits per heavy atom. The molecule has 10 heteroatoms. The molecule has 2 aromatic heterocycles.